The molecule has 2 aromatic rings. The molecule has 0 N–H and O–H groups in total. The van der Waals surface area contributed by atoms with Gasteiger partial charge in [0.25, 0.3) is 5.69 Å². The summed E-state index contributed by atoms with van der Waals surface area (Å²) in [7, 11) is 0. The monoisotopic (exact) mass is 265 g/mol. The molecule has 0 spiro atoms. The van der Waals surface area contributed by atoms with Crippen molar-refractivity contribution in [3.63, 3.8) is 0 Å². The van der Waals surface area contributed by atoms with Crippen molar-refractivity contribution in [2.75, 3.05) is 0 Å². The van der Waals surface area contributed by atoms with E-state index < -0.39 is 4.92 Å². The van der Waals surface area contributed by atoms with Gasteiger partial charge in [0.2, 0.25) is 0 Å². The molecule has 20 heavy (non-hydrogen) atoms. The topological polar surface area (TPSA) is 79.8 Å². The smallest absolute Gasteiger partial charge is 0.258 e. The summed E-state index contributed by atoms with van der Waals surface area (Å²) < 4.78 is 0. The van der Waals surface area contributed by atoms with Crippen LogP contribution in [0.2, 0.25) is 0 Å². The maximum atomic E-state index is 10.7. The van der Waals surface area contributed by atoms with Gasteiger partial charge in [-0.2, -0.15) is 5.26 Å². The lowest BCUT2D eigenvalue weighted by Gasteiger charge is -1.97. The molecule has 98 valence electrons. The minimum absolute atomic E-state index is 0.0500. The lowest BCUT2D eigenvalue weighted by molar-refractivity contribution is -0.385. The maximum Gasteiger partial charge on any atom is 0.287 e. The summed E-state index contributed by atoms with van der Waals surface area (Å²) in [5.74, 6) is 0. The summed E-state index contributed by atoms with van der Waals surface area (Å²) in [6.45, 7) is 1.95. The Morgan fingerprint density at radius 1 is 1.30 bits per heavy atom. The molecule has 5 heteroatoms. The molecule has 0 fully saturated rings. The zero-order valence-corrected chi connectivity index (χ0v) is 10.8. The molecule has 1 heterocycles. The molecule has 0 saturated heterocycles. The molecule has 0 radical (unpaired) electrons. The predicted octanol–water partition coefficient (Wildman–Crippen LogP) is 3.34. The van der Waals surface area contributed by atoms with Gasteiger partial charge in [0.05, 0.1) is 10.6 Å². The standard InChI is InChI=1S/C15H11N3O2/c1-11-2-5-14(17-10-11)6-3-12-4-7-15(18(19)20)13(8-12)9-16/h2-8,10H,1H3/b6-3+. The number of aromatic nitrogens is 1. The van der Waals surface area contributed by atoms with Crippen LogP contribution in [0.1, 0.15) is 22.4 Å². The van der Waals surface area contributed by atoms with Gasteiger partial charge >= 0.3 is 0 Å². The molecule has 0 saturated carbocycles. The van der Waals surface area contributed by atoms with Crippen LogP contribution >= 0.6 is 0 Å². The summed E-state index contributed by atoms with van der Waals surface area (Å²) in [6.07, 6.45) is 5.32. The van der Waals surface area contributed by atoms with Crippen LogP contribution in [-0.2, 0) is 0 Å². The number of aryl methyl sites for hydroxylation is 1. The Labute approximate surface area is 116 Å². The van der Waals surface area contributed by atoms with E-state index in [1.807, 2.05) is 25.1 Å². The van der Waals surface area contributed by atoms with E-state index in [0.717, 1.165) is 16.8 Å². The molecule has 0 unspecified atom stereocenters. The first-order chi connectivity index (χ1) is 9.60. The highest BCUT2D eigenvalue weighted by Gasteiger charge is 2.12. The number of benzene rings is 1. The Bertz CT molecular complexity index is 713. The van der Waals surface area contributed by atoms with E-state index in [0.29, 0.717) is 0 Å². The number of nitro benzene ring substituents is 1. The van der Waals surface area contributed by atoms with Crippen LogP contribution < -0.4 is 0 Å². The van der Waals surface area contributed by atoms with Crippen molar-refractivity contribution >= 4 is 17.8 Å². The summed E-state index contributed by atoms with van der Waals surface area (Å²) in [6, 6.07) is 10.1. The van der Waals surface area contributed by atoms with Crippen molar-refractivity contribution < 1.29 is 4.92 Å². The number of nitriles is 1. The number of hydrogen-bond donors (Lipinski definition) is 0. The third-order valence-electron chi connectivity index (χ3n) is 2.72. The second kappa shape index (κ2) is 5.76. The molecule has 0 aliphatic carbocycles. The van der Waals surface area contributed by atoms with E-state index in [2.05, 4.69) is 4.98 Å². The fraction of sp³-hybridized carbons (Fsp3) is 0.0667. The second-order valence-electron chi connectivity index (χ2n) is 4.24. The van der Waals surface area contributed by atoms with Crippen molar-refractivity contribution in [2.24, 2.45) is 0 Å². The van der Waals surface area contributed by atoms with Crippen LogP contribution in [0.4, 0.5) is 5.69 Å². The summed E-state index contributed by atoms with van der Waals surface area (Å²) in [5.41, 5.74) is 2.44. The predicted molar refractivity (Wildman–Crippen MR) is 75.7 cm³/mol. The normalized spacial score (nSPS) is 10.4. The summed E-state index contributed by atoms with van der Waals surface area (Å²) in [4.78, 5) is 14.4. The summed E-state index contributed by atoms with van der Waals surface area (Å²) in [5, 5.41) is 19.6. The van der Waals surface area contributed by atoms with Gasteiger partial charge in [-0.1, -0.05) is 12.1 Å². The van der Waals surface area contributed by atoms with Gasteiger partial charge in [-0.05, 0) is 42.3 Å². The number of nitrogens with zero attached hydrogens (tertiary/aromatic N) is 3. The van der Waals surface area contributed by atoms with E-state index >= 15 is 0 Å². The first kappa shape index (κ1) is 13.4. The zero-order valence-electron chi connectivity index (χ0n) is 10.8. The molecule has 2 rings (SSSR count). The molecule has 5 nitrogen and oxygen atoms in total. The Balaban J connectivity index is 2.28. The van der Waals surface area contributed by atoms with Crippen LogP contribution in [0, 0.1) is 28.4 Å². The molecular formula is C15H11N3O2. The van der Waals surface area contributed by atoms with E-state index in [-0.39, 0.29) is 11.3 Å². The van der Waals surface area contributed by atoms with Gasteiger partial charge in [-0.15, -0.1) is 0 Å². The van der Waals surface area contributed by atoms with Crippen LogP contribution in [0.5, 0.6) is 0 Å². The second-order valence-corrected chi connectivity index (χ2v) is 4.24. The molecular weight excluding hydrogens is 254 g/mol. The van der Waals surface area contributed by atoms with E-state index in [9.17, 15) is 10.1 Å². The van der Waals surface area contributed by atoms with Crippen LogP contribution in [0.25, 0.3) is 12.2 Å². The van der Waals surface area contributed by atoms with E-state index in [1.54, 1.807) is 24.4 Å². The Kier molecular flexibility index (Phi) is 3.87. The minimum atomic E-state index is -0.562. The highest BCUT2D eigenvalue weighted by Crippen LogP contribution is 2.20. The lowest BCUT2D eigenvalue weighted by Crippen LogP contribution is -1.92. The van der Waals surface area contributed by atoms with Crippen molar-refractivity contribution in [3.05, 3.63) is 69.0 Å². The number of hydrogen-bond acceptors (Lipinski definition) is 4. The van der Waals surface area contributed by atoms with Crippen LogP contribution in [0.15, 0.2) is 36.5 Å². The van der Waals surface area contributed by atoms with Gasteiger partial charge in [-0.25, -0.2) is 0 Å². The zero-order chi connectivity index (χ0) is 14.5. The van der Waals surface area contributed by atoms with Crippen molar-refractivity contribution in [3.8, 4) is 6.07 Å². The molecule has 0 amide bonds. The highest BCUT2D eigenvalue weighted by molar-refractivity contribution is 5.70. The number of rotatable bonds is 3. The van der Waals surface area contributed by atoms with Gasteiger partial charge in [0, 0.05) is 12.3 Å². The molecule has 0 aliphatic rings. The molecule has 0 bridgehead atoms. The van der Waals surface area contributed by atoms with Gasteiger partial charge < -0.3 is 0 Å². The highest BCUT2D eigenvalue weighted by atomic mass is 16.6. The van der Waals surface area contributed by atoms with Crippen LogP contribution in [-0.4, -0.2) is 9.91 Å². The Morgan fingerprint density at radius 2 is 2.10 bits per heavy atom. The molecule has 0 aliphatic heterocycles. The van der Waals surface area contributed by atoms with Gasteiger partial charge in [0.15, 0.2) is 0 Å². The first-order valence-electron chi connectivity index (χ1n) is 5.89. The first-order valence-corrected chi connectivity index (χ1v) is 5.89. The molecule has 0 atom stereocenters. The van der Waals surface area contributed by atoms with E-state index in [1.165, 1.54) is 12.1 Å². The number of nitro groups is 1. The SMILES string of the molecule is Cc1ccc(/C=C/c2ccc([N+](=O)[O-])c(C#N)c2)nc1. The average Bonchev–Trinajstić information content (AvgIpc) is 2.46. The van der Waals surface area contributed by atoms with Crippen LogP contribution in [0.3, 0.4) is 0 Å². The fourth-order valence-corrected chi connectivity index (χ4v) is 1.67. The van der Waals surface area contributed by atoms with Gasteiger partial charge in [-0.3, -0.25) is 15.1 Å². The maximum absolute atomic E-state index is 10.7. The Hall–Kier alpha value is -3.00. The van der Waals surface area contributed by atoms with Crippen molar-refractivity contribution in [2.45, 2.75) is 6.92 Å². The fourth-order valence-electron chi connectivity index (χ4n) is 1.67. The Morgan fingerprint density at radius 3 is 2.70 bits per heavy atom. The third kappa shape index (κ3) is 3.06. The van der Waals surface area contributed by atoms with Crippen molar-refractivity contribution in [1.29, 1.82) is 5.26 Å². The van der Waals surface area contributed by atoms with Gasteiger partial charge in [0.1, 0.15) is 11.6 Å². The third-order valence-corrected chi connectivity index (χ3v) is 2.72. The van der Waals surface area contributed by atoms with E-state index in [4.69, 9.17) is 5.26 Å². The minimum Gasteiger partial charge on any atom is -0.258 e. The lowest BCUT2D eigenvalue weighted by atomic mass is 10.1. The quantitative estimate of drug-likeness (QED) is 0.629. The largest absolute Gasteiger partial charge is 0.287 e. The van der Waals surface area contributed by atoms with Crippen molar-refractivity contribution in [1.82, 2.24) is 4.98 Å². The molecule has 1 aromatic carbocycles. The summed E-state index contributed by atoms with van der Waals surface area (Å²) >= 11 is 0. The molecule has 1 aromatic heterocycles. The average molecular weight is 265 g/mol. The number of pyridine rings is 1.